The molecule has 0 aromatic heterocycles. The molecular formula is C12H17NO3. The smallest absolute Gasteiger partial charge is 0.339 e. The number of carbonyl (C=O) groups is 1. The number of hydrogen-bond acceptors (Lipinski definition) is 4. The Morgan fingerprint density at radius 2 is 2.06 bits per heavy atom. The molecule has 1 rings (SSSR count). The monoisotopic (exact) mass is 223 g/mol. The van der Waals surface area contributed by atoms with Crippen molar-refractivity contribution in [1.82, 2.24) is 0 Å². The second kappa shape index (κ2) is 4.99. The minimum atomic E-state index is -0.551. The summed E-state index contributed by atoms with van der Waals surface area (Å²) in [6.07, 6.45) is -0.551. The van der Waals surface area contributed by atoms with Crippen LogP contribution in [-0.2, 0) is 4.74 Å². The van der Waals surface area contributed by atoms with Gasteiger partial charge < -0.3 is 14.7 Å². The number of anilines is 1. The van der Waals surface area contributed by atoms with Gasteiger partial charge in [-0.3, -0.25) is 0 Å². The van der Waals surface area contributed by atoms with Crippen molar-refractivity contribution in [2.75, 3.05) is 26.1 Å². The fraction of sp³-hybridized carbons (Fsp3) is 0.417. The molecule has 4 heteroatoms. The van der Waals surface area contributed by atoms with Crippen LogP contribution in [0.1, 0.15) is 28.9 Å². The normalized spacial score (nSPS) is 12.1. The first-order valence-corrected chi connectivity index (χ1v) is 5.05. The molecule has 0 saturated carbocycles. The third-order valence-corrected chi connectivity index (χ3v) is 2.39. The molecule has 1 aromatic rings. The Bertz CT molecular complexity index is 386. The molecule has 0 fully saturated rings. The van der Waals surface area contributed by atoms with E-state index in [1.165, 1.54) is 7.11 Å². The number of methoxy groups -OCH3 is 1. The highest BCUT2D eigenvalue weighted by molar-refractivity contribution is 5.95. The van der Waals surface area contributed by atoms with E-state index in [1.54, 1.807) is 25.1 Å². The number of carbonyl (C=O) groups excluding carboxylic acids is 1. The molecule has 1 atom stereocenters. The lowest BCUT2D eigenvalue weighted by Crippen LogP contribution is -2.15. The van der Waals surface area contributed by atoms with E-state index >= 15 is 0 Å². The second-order valence-corrected chi connectivity index (χ2v) is 3.84. The second-order valence-electron chi connectivity index (χ2n) is 3.84. The zero-order chi connectivity index (χ0) is 12.3. The predicted molar refractivity (Wildman–Crippen MR) is 62.7 cm³/mol. The maximum absolute atomic E-state index is 11.5. The summed E-state index contributed by atoms with van der Waals surface area (Å²) in [6, 6.07) is 5.18. The van der Waals surface area contributed by atoms with E-state index in [0.29, 0.717) is 5.56 Å². The zero-order valence-electron chi connectivity index (χ0n) is 10.0. The largest absolute Gasteiger partial charge is 0.465 e. The molecule has 0 saturated heterocycles. The fourth-order valence-corrected chi connectivity index (χ4v) is 1.46. The molecule has 0 bridgehead atoms. The van der Waals surface area contributed by atoms with Gasteiger partial charge >= 0.3 is 5.97 Å². The lowest BCUT2D eigenvalue weighted by Gasteiger charge is -2.18. The molecule has 16 heavy (non-hydrogen) atoms. The molecular weight excluding hydrogens is 206 g/mol. The van der Waals surface area contributed by atoms with Crippen LogP contribution in [0.2, 0.25) is 0 Å². The number of esters is 1. The minimum Gasteiger partial charge on any atom is -0.465 e. The molecule has 0 spiro atoms. The third-order valence-electron chi connectivity index (χ3n) is 2.39. The van der Waals surface area contributed by atoms with Crippen molar-refractivity contribution in [2.45, 2.75) is 13.0 Å². The molecule has 0 radical (unpaired) electrons. The summed E-state index contributed by atoms with van der Waals surface area (Å²) in [4.78, 5) is 13.3. The van der Waals surface area contributed by atoms with E-state index in [2.05, 4.69) is 0 Å². The Balaban J connectivity index is 3.25. The van der Waals surface area contributed by atoms with Crippen molar-refractivity contribution in [3.8, 4) is 0 Å². The Morgan fingerprint density at radius 3 is 2.50 bits per heavy atom. The van der Waals surface area contributed by atoms with Crippen molar-refractivity contribution < 1.29 is 14.6 Å². The van der Waals surface area contributed by atoms with Gasteiger partial charge in [0.05, 0.1) is 24.5 Å². The average molecular weight is 223 g/mol. The van der Waals surface area contributed by atoms with Crippen LogP contribution in [0.4, 0.5) is 5.69 Å². The number of rotatable bonds is 3. The van der Waals surface area contributed by atoms with E-state index in [-0.39, 0.29) is 5.97 Å². The summed E-state index contributed by atoms with van der Waals surface area (Å²) in [6.45, 7) is 1.69. The van der Waals surface area contributed by atoms with Gasteiger partial charge in [-0.2, -0.15) is 0 Å². The van der Waals surface area contributed by atoms with Crippen molar-refractivity contribution >= 4 is 11.7 Å². The van der Waals surface area contributed by atoms with Gasteiger partial charge in [0, 0.05) is 14.1 Å². The fourth-order valence-electron chi connectivity index (χ4n) is 1.46. The van der Waals surface area contributed by atoms with Crippen LogP contribution < -0.4 is 4.90 Å². The van der Waals surface area contributed by atoms with Gasteiger partial charge in [-0.1, -0.05) is 6.07 Å². The number of aliphatic hydroxyl groups is 1. The lowest BCUT2D eigenvalue weighted by atomic mass is 10.1. The molecule has 88 valence electrons. The highest BCUT2D eigenvalue weighted by Gasteiger charge is 2.14. The molecule has 0 heterocycles. The van der Waals surface area contributed by atoms with Crippen molar-refractivity contribution in [2.24, 2.45) is 0 Å². The van der Waals surface area contributed by atoms with Crippen LogP contribution in [-0.4, -0.2) is 32.3 Å². The lowest BCUT2D eigenvalue weighted by molar-refractivity contribution is 0.0601. The van der Waals surface area contributed by atoms with Crippen LogP contribution in [0, 0.1) is 0 Å². The summed E-state index contributed by atoms with van der Waals surface area (Å²) < 4.78 is 4.70. The van der Waals surface area contributed by atoms with E-state index in [9.17, 15) is 9.90 Å². The zero-order valence-corrected chi connectivity index (χ0v) is 10.0. The van der Waals surface area contributed by atoms with Gasteiger partial charge in [0.1, 0.15) is 0 Å². The Hall–Kier alpha value is -1.55. The standard InChI is InChI=1S/C12H17NO3/c1-8(14)9-5-6-10(12(15)16-4)11(7-9)13(2)3/h5-8,14H,1-4H3. The van der Waals surface area contributed by atoms with Gasteiger partial charge in [-0.15, -0.1) is 0 Å². The van der Waals surface area contributed by atoms with Crippen LogP contribution in [0.15, 0.2) is 18.2 Å². The van der Waals surface area contributed by atoms with Crippen molar-refractivity contribution in [3.05, 3.63) is 29.3 Å². The minimum absolute atomic E-state index is 0.374. The first-order chi connectivity index (χ1) is 7.47. The van der Waals surface area contributed by atoms with E-state index in [0.717, 1.165) is 11.3 Å². The highest BCUT2D eigenvalue weighted by atomic mass is 16.5. The first-order valence-electron chi connectivity index (χ1n) is 5.05. The van der Waals surface area contributed by atoms with Gasteiger partial charge in [0.25, 0.3) is 0 Å². The first kappa shape index (κ1) is 12.5. The summed E-state index contributed by atoms with van der Waals surface area (Å²) in [5.74, 6) is -0.374. The number of benzene rings is 1. The van der Waals surface area contributed by atoms with Gasteiger partial charge in [-0.05, 0) is 24.6 Å². The third kappa shape index (κ3) is 2.52. The Kier molecular flexibility index (Phi) is 3.90. The van der Waals surface area contributed by atoms with Crippen LogP contribution >= 0.6 is 0 Å². The quantitative estimate of drug-likeness (QED) is 0.791. The molecule has 0 amide bonds. The Morgan fingerprint density at radius 1 is 1.44 bits per heavy atom. The Labute approximate surface area is 95.5 Å². The molecule has 1 aromatic carbocycles. The SMILES string of the molecule is COC(=O)c1ccc(C(C)O)cc1N(C)C. The van der Waals surface area contributed by atoms with Crippen LogP contribution in [0.5, 0.6) is 0 Å². The molecule has 0 aliphatic heterocycles. The maximum Gasteiger partial charge on any atom is 0.339 e. The van der Waals surface area contributed by atoms with Crippen LogP contribution in [0.25, 0.3) is 0 Å². The van der Waals surface area contributed by atoms with E-state index in [1.807, 2.05) is 19.0 Å². The highest BCUT2D eigenvalue weighted by Crippen LogP contribution is 2.24. The number of nitrogens with zero attached hydrogens (tertiary/aromatic N) is 1. The summed E-state index contributed by atoms with van der Waals surface area (Å²) >= 11 is 0. The van der Waals surface area contributed by atoms with E-state index < -0.39 is 6.10 Å². The van der Waals surface area contributed by atoms with Crippen LogP contribution in [0.3, 0.4) is 0 Å². The van der Waals surface area contributed by atoms with E-state index in [4.69, 9.17) is 4.74 Å². The molecule has 0 aliphatic rings. The van der Waals surface area contributed by atoms with Gasteiger partial charge in [0.2, 0.25) is 0 Å². The summed E-state index contributed by atoms with van der Waals surface area (Å²) in [7, 11) is 5.03. The molecule has 0 aliphatic carbocycles. The predicted octanol–water partition coefficient (Wildman–Crippen LogP) is 1.59. The number of aliphatic hydroxyl groups excluding tert-OH is 1. The average Bonchev–Trinajstić information content (AvgIpc) is 2.26. The van der Waals surface area contributed by atoms with Crippen molar-refractivity contribution in [3.63, 3.8) is 0 Å². The van der Waals surface area contributed by atoms with Crippen molar-refractivity contribution in [1.29, 1.82) is 0 Å². The number of hydrogen-bond donors (Lipinski definition) is 1. The van der Waals surface area contributed by atoms with Gasteiger partial charge in [-0.25, -0.2) is 4.79 Å². The molecule has 1 unspecified atom stereocenters. The van der Waals surface area contributed by atoms with Gasteiger partial charge in [0.15, 0.2) is 0 Å². The summed E-state index contributed by atoms with van der Waals surface area (Å²) in [5, 5.41) is 9.48. The topological polar surface area (TPSA) is 49.8 Å². The molecule has 1 N–H and O–H groups in total. The maximum atomic E-state index is 11.5. The molecule has 4 nitrogen and oxygen atoms in total. The summed E-state index contributed by atoms with van der Waals surface area (Å²) in [5.41, 5.74) is 2.01. The number of ether oxygens (including phenoxy) is 1.